The van der Waals surface area contributed by atoms with Crippen LogP contribution >= 0.6 is 0 Å². The monoisotopic (exact) mass is 494 g/mol. The fraction of sp³-hybridized carbons (Fsp3) is 0.452. The zero-order valence-electron chi connectivity index (χ0n) is 21.4. The van der Waals surface area contributed by atoms with Crippen molar-refractivity contribution in [2.45, 2.75) is 64.6 Å². The van der Waals surface area contributed by atoms with Crippen molar-refractivity contribution in [1.82, 2.24) is 19.7 Å². The van der Waals surface area contributed by atoms with E-state index in [2.05, 4.69) is 34.0 Å². The first kappa shape index (κ1) is 22.8. The van der Waals surface area contributed by atoms with Gasteiger partial charge in [0.2, 0.25) is 5.91 Å². The molecule has 190 valence electrons. The molecule has 4 saturated carbocycles. The first-order chi connectivity index (χ1) is 18.0. The standard InChI is InChI=1S/C31H34N4O2/c1-20(31-14-22-11-23(15-31)13-24(12-22)16-31)33-28(36)19-35-30(37)29-26(17-32-35)25-9-5-6-10-27(25)34(29)18-21-7-3-2-4-8-21/h2-10,17,20,22-24H,11-16,18-19H2,1H3,(H,33,36)/t20-,22?,23?,24?,31?/m1/s1. The van der Waals surface area contributed by atoms with Crippen molar-refractivity contribution < 1.29 is 4.79 Å². The molecule has 0 aliphatic heterocycles. The summed E-state index contributed by atoms with van der Waals surface area (Å²) in [4.78, 5) is 27.0. The highest BCUT2D eigenvalue weighted by Crippen LogP contribution is 2.61. The Balaban J connectivity index is 1.18. The lowest BCUT2D eigenvalue weighted by Gasteiger charge is -2.59. The number of nitrogens with one attached hydrogen (secondary N) is 1. The number of nitrogens with zero attached hydrogens (tertiary/aromatic N) is 3. The molecule has 4 aromatic rings. The fourth-order valence-electron chi connectivity index (χ4n) is 8.32. The van der Waals surface area contributed by atoms with Crippen molar-refractivity contribution in [2.24, 2.45) is 23.2 Å². The fourth-order valence-corrected chi connectivity index (χ4v) is 8.32. The molecule has 4 bridgehead atoms. The van der Waals surface area contributed by atoms with Crippen molar-refractivity contribution in [3.8, 4) is 0 Å². The van der Waals surface area contributed by atoms with Gasteiger partial charge in [-0.1, -0.05) is 48.5 Å². The molecule has 1 N–H and O–H groups in total. The Morgan fingerprint density at radius 2 is 1.62 bits per heavy atom. The normalized spacial score (nSPS) is 27.1. The second-order valence-corrected chi connectivity index (χ2v) is 12.0. The summed E-state index contributed by atoms with van der Waals surface area (Å²) < 4.78 is 3.40. The van der Waals surface area contributed by atoms with Crippen LogP contribution in [-0.2, 0) is 17.9 Å². The van der Waals surface area contributed by atoms with Gasteiger partial charge in [0.15, 0.2) is 0 Å². The molecular weight excluding hydrogens is 460 g/mol. The Morgan fingerprint density at radius 3 is 2.32 bits per heavy atom. The van der Waals surface area contributed by atoms with Crippen LogP contribution in [-0.4, -0.2) is 26.3 Å². The van der Waals surface area contributed by atoms with Crippen LogP contribution < -0.4 is 10.9 Å². The molecule has 4 aliphatic carbocycles. The van der Waals surface area contributed by atoms with Gasteiger partial charge in [0, 0.05) is 28.9 Å². The summed E-state index contributed by atoms with van der Waals surface area (Å²) in [6.07, 6.45) is 9.62. The first-order valence-electron chi connectivity index (χ1n) is 13.8. The van der Waals surface area contributed by atoms with Gasteiger partial charge in [-0.2, -0.15) is 5.10 Å². The van der Waals surface area contributed by atoms with Crippen molar-refractivity contribution in [2.75, 3.05) is 0 Å². The van der Waals surface area contributed by atoms with Crippen molar-refractivity contribution >= 4 is 27.7 Å². The minimum absolute atomic E-state index is 0.0572. The second-order valence-electron chi connectivity index (χ2n) is 12.0. The molecule has 8 rings (SSSR count). The predicted molar refractivity (Wildman–Crippen MR) is 145 cm³/mol. The summed E-state index contributed by atoms with van der Waals surface area (Å²) >= 11 is 0. The highest BCUT2D eigenvalue weighted by Gasteiger charge is 2.53. The van der Waals surface area contributed by atoms with Crippen LogP contribution in [0.2, 0.25) is 0 Å². The van der Waals surface area contributed by atoms with E-state index in [1.54, 1.807) is 6.20 Å². The molecule has 37 heavy (non-hydrogen) atoms. The molecule has 2 aromatic heterocycles. The van der Waals surface area contributed by atoms with E-state index in [4.69, 9.17) is 0 Å². The zero-order valence-corrected chi connectivity index (χ0v) is 21.4. The van der Waals surface area contributed by atoms with Gasteiger partial charge in [-0.3, -0.25) is 9.59 Å². The quantitative estimate of drug-likeness (QED) is 0.405. The molecule has 4 aliphatic rings. The Morgan fingerprint density at radius 1 is 0.973 bits per heavy atom. The van der Waals surface area contributed by atoms with Crippen LogP contribution in [0.25, 0.3) is 21.8 Å². The molecule has 0 unspecified atom stereocenters. The SMILES string of the molecule is C[C@@H](NC(=O)Cn1ncc2c3ccccc3n(Cc3ccccc3)c2c1=O)C12CC3CC(CC(C3)C1)C2. The van der Waals surface area contributed by atoms with Gasteiger partial charge < -0.3 is 9.88 Å². The predicted octanol–water partition coefficient (Wildman–Crippen LogP) is 5.12. The van der Waals surface area contributed by atoms with Crippen LogP contribution in [0.3, 0.4) is 0 Å². The van der Waals surface area contributed by atoms with E-state index in [0.29, 0.717) is 12.1 Å². The van der Waals surface area contributed by atoms with Crippen molar-refractivity contribution in [1.29, 1.82) is 0 Å². The molecule has 6 nitrogen and oxygen atoms in total. The molecule has 0 radical (unpaired) electrons. The summed E-state index contributed by atoms with van der Waals surface area (Å²) in [6, 6.07) is 18.3. The van der Waals surface area contributed by atoms with E-state index in [9.17, 15) is 9.59 Å². The van der Waals surface area contributed by atoms with E-state index < -0.39 is 0 Å². The van der Waals surface area contributed by atoms with Crippen LogP contribution in [0.1, 0.15) is 51.0 Å². The van der Waals surface area contributed by atoms with E-state index in [0.717, 1.165) is 39.6 Å². The maximum atomic E-state index is 13.8. The Labute approximate surface area is 216 Å². The Bertz CT molecular complexity index is 1510. The molecule has 0 spiro atoms. The first-order valence-corrected chi connectivity index (χ1v) is 13.8. The number of benzene rings is 2. The molecule has 2 heterocycles. The minimum atomic E-state index is -0.220. The second kappa shape index (κ2) is 8.57. The number of hydrogen-bond acceptors (Lipinski definition) is 3. The number of para-hydroxylation sites is 1. The third-order valence-electron chi connectivity index (χ3n) is 9.63. The zero-order chi connectivity index (χ0) is 25.1. The smallest absolute Gasteiger partial charge is 0.291 e. The molecule has 6 heteroatoms. The van der Waals surface area contributed by atoms with Gasteiger partial charge in [-0.15, -0.1) is 0 Å². The van der Waals surface area contributed by atoms with Crippen LogP contribution in [0.4, 0.5) is 0 Å². The summed E-state index contributed by atoms with van der Waals surface area (Å²) in [7, 11) is 0. The number of aromatic nitrogens is 3. The third-order valence-corrected chi connectivity index (χ3v) is 9.63. The van der Waals surface area contributed by atoms with Gasteiger partial charge in [0.1, 0.15) is 12.1 Å². The number of hydrogen-bond donors (Lipinski definition) is 1. The van der Waals surface area contributed by atoms with E-state index in [1.807, 2.05) is 42.5 Å². The summed E-state index contributed by atoms with van der Waals surface area (Å²) in [5.41, 5.74) is 2.73. The van der Waals surface area contributed by atoms with Crippen LogP contribution in [0.15, 0.2) is 65.6 Å². The van der Waals surface area contributed by atoms with Crippen molar-refractivity contribution in [3.05, 3.63) is 76.7 Å². The molecular formula is C31H34N4O2. The lowest BCUT2D eigenvalue weighted by Crippen LogP contribution is -2.56. The van der Waals surface area contributed by atoms with E-state index in [-0.39, 0.29) is 29.5 Å². The Kier molecular flexibility index (Phi) is 5.27. The van der Waals surface area contributed by atoms with Gasteiger partial charge in [-0.05, 0) is 80.2 Å². The largest absolute Gasteiger partial charge is 0.351 e. The van der Waals surface area contributed by atoms with Gasteiger partial charge in [0.25, 0.3) is 5.56 Å². The van der Waals surface area contributed by atoms with Crippen LogP contribution in [0, 0.1) is 23.2 Å². The highest BCUT2D eigenvalue weighted by atomic mass is 16.2. The van der Waals surface area contributed by atoms with Crippen LogP contribution in [0.5, 0.6) is 0 Å². The maximum absolute atomic E-state index is 13.8. The number of carbonyl (C=O) groups excluding carboxylic acids is 1. The number of amides is 1. The summed E-state index contributed by atoms with van der Waals surface area (Å²) in [5.74, 6) is 2.39. The van der Waals surface area contributed by atoms with Gasteiger partial charge in [0.05, 0.1) is 6.20 Å². The minimum Gasteiger partial charge on any atom is -0.351 e. The molecule has 1 atom stereocenters. The average Bonchev–Trinajstić information content (AvgIpc) is 3.19. The highest BCUT2D eigenvalue weighted by molar-refractivity contribution is 6.07. The Hall–Kier alpha value is -3.41. The summed E-state index contributed by atoms with van der Waals surface area (Å²) in [6.45, 7) is 2.71. The average molecular weight is 495 g/mol. The molecule has 0 saturated heterocycles. The van der Waals surface area contributed by atoms with Crippen molar-refractivity contribution in [3.63, 3.8) is 0 Å². The lowest BCUT2D eigenvalue weighted by molar-refractivity contribution is -0.126. The molecule has 4 fully saturated rings. The van der Waals surface area contributed by atoms with E-state index >= 15 is 0 Å². The van der Waals surface area contributed by atoms with E-state index in [1.165, 1.54) is 43.2 Å². The number of rotatable bonds is 6. The molecule has 2 aromatic carbocycles. The number of carbonyl (C=O) groups is 1. The summed E-state index contributed by atoms with van der Waals surface area (Å²) in [5, 5.41) is 9.58. The number of fused-ring (bicyclic) bond motifs is 3. The topological polar surface area (TPSA) is 68.9 Å². The van der Waals surface area contributed by atoms with Gasteiger partial charge in [-0.25, -0.2) is 4.68 Å². The molecule has 1 amide bonds. The lowest BCUT2D eigenvalue weighted by atomic mass is 9.48. The third kappa shape index (κ3) is 3.80. The maximum Gasteiger partial charge on any atom is 0.291 e. The van der Waals surface area contributed by atoms with Gasteiger partial charge >= 0.3 is 0 Å².